The van der Waals surface area contributed by atoms with Crippen molar-refractivity contribution in [2.75, 3.05) is 20.3 Å². The van der Waals surface area contributed by atoms with Crippen molar-refractivity contribution in [1.29, 1.82) is 0 Å². The van der Waals surface area contributed by atoms with Crippen molar-refractivity contribution in [1.82, 2.24) is 10.6 Å². The fraction of sp³-hybridized carbons (Fsp3) is 0.333. The molecule has 0 aliphatic heterocycles. The first-order chi connectivity index (χ1) is 13.0. The SMILES string of the molecule is CCC(C)NC(=O)c1cccc(C(=O)NCCOc2ccc(OC)cc2)c1. The molecule has 0 bridgehead atoms. The average Bonchev–Trinajstić information content (AvgIpc) is 2.71. The van der Waals surface area contributed by atoms with E-state index >= 15 is 0 Å². The van der Waals surface area contributed by atoms with Crippen LogP contribution >= 0.6 is 0 Å². The number of ether oxygens (including phenoxy) is 2. The molecular weight excluding hydrogens is 344 g/mol. The van der Waals surface area contributed by atoms with Crippen LogP contribution in [0.4, 0.5) is 0 Å². The number of nitrogens with one attached hydrogen (secondary N) is 2. The van der Waals surface area contributed by atoms with E-state index in [2.05, 4.69) is 10.6 Å². The summed E-state index contributed by atoms with van der Waals surface area (Å²) in [5, 5.41) is 5.68. The zero-order chi connectivity index (χ0) is 19.6. The van der Waals surface area contributed by atoms with Gasteiger partial charge in [0.2, 0.25) is 0 Å². The predicted octanol–water partition coefficient (Wildman–Crippen LogP) is 3.03. The number of hydrogen-bond donors (Lipinski definition) is 2. The molecule has 0 fully saturated rings. The number of carbonyl (C=O) groups is 2. The molecule has 2 aromatic rings. The van der Waals surface area contributed by atoms with Crippen LogP contribution in [-0.2, 0) is 0 Å². The van der Waals surface area contributed by atoms with E-state index < -0.39 is 0 Å². The minimum Gasteiger partial charge on any atom is -0.497 e. The second-order valence-electron chi connectivity index (χ2n) is 6.14. The van der Waals surface area contributed by atoms with Gasteiger partial charge in [-0.3, -0.25) is 9.59 Å². The Morgan fingerprint density at radius 3 is 2.26 bits per heavy atom. The highest BCUT2D eigenvalue weighted by Crippen LogP contribution is 2.16. The first-order valence-electron chi connectivity index (χ1n) is 8.99. The third-order valence-electron chi connectivity index (χ3n) is 4.09. The van der Waals surface area contributed by atoms with Gasteiger partial charge in [0.1, 0.15) is 18.1 Å². The molecule has 2 rings (SSSR count). The van der Waals surface area contributed by atoms with Crippen molar-refractivity contribution in [2.24, 2.45) is 0 Å². The zero-order valence-electron chi connectivity index (χ0n) is 16.0. The van der Waals surface area contributed by atoms with Gasteiger partial charge < -0.3 is 20.1 Å². The van der Waals surface area contributed by atoms with Crippen molar-refractivity contribution < 1.29 is 19.1 Å². The summed E-state index contributed by atoms with van der Waals surface area (Å²) in [5.74, 6) is 1.04. The molecule has 6 heteroatoms. The Hall–Kier alpha value is -3.02. The van der Waals surface area contributed by atoms with Crippen LogP contribution in [0.25, 0.3) is 0 Å². The Balaban J connectivity index is 1.83. The monoisotopic (exact) mass is 370 g/mol. The summed E-state index contributed by atoms with van der Waals surface area (Å²) in [6.07, 6.45) is 0.847. The van der Waals surface area contributed by atoms with Crippen molar-refractivity contribution in [3.05, 3.63) is 59.7 Å². The van der Waals surface area contributed by atoms with E-state index in [1.165, 1.54) is 0 Å². The number of carbonyl (C=O) groups excluding carboxylic acids is 2. The van der Waals surface area contributed by atoms with Gasteiger partial charge in [-0.2, -0.15) is 0 Å². The fourth-order valence-corrected chi connectivity index (χ4v) is 2.32. The van der Waals surface area contributed by atoms with Gasteiger partial charge in [0.05, 0.1) is 13.7 Å². The first-order valence-corrected chi connectivity index (χ1v) is 8.99. The minimum atomic E-state index is -0.244. The minimum absolute atomic E-state index is 0.0880. The second kappa shape index (κ2) is 10.2. The summed E-state index contributed by atoms with van der Waals surface area (Å²) in [6, 6.07) is 14.0. The molecule has 6 nitrogen and oxygen atoms in total. The Labute approximate surface area is 159 Å². The van der Waals surface area contributed by atoms with Crippen molar-refractivity contribution in [3.63, 3.8) is 0 Å². The van der Waals surface area contributed by atoms with E-state index in [1.807, 2.05) is 26.0 Å². The smallest absolute Gasteiger partial charge is 0.251 e. The summed E-state index contributed by atoms with van der Waals surface area (Å²) in [5.41, 5.74) is 0.911. The van der Waals surface area contributed by atoms with Crippen molar-refractivity contribution in [3.8, 4) is 11.5 Å². The largest absolute Gasteiger partial charge is 0.497 e. The maximum absolute atomic E-state index is 12.3. The summed E-state index contributed by atoms with van der Waals surface area (Å²) in [4.78, 5) is 24.5. The van der Waals surface area contributed by atoms with E-state index in [1.54, 1.807) is 43.5 Å². The number of benzene rings is 2. The lowest BCUT2D eigenvalue weighted by atomic mass is 10.1. The van der Waals surface area contributed by atoms with Gasteiger partial charge in [-0.15, -0.1) is 0 Å². The molecule has 2 aromatic carbocycles. The lowest BCUT2D eigenvalue weighted by Crippen LogP contribution is -2.32. The van der Waals surface area contributed by atoms with Crippen LogP contribution in [0, 0.1) is 0 Å². The molecular formula is C21H26N2O4. The highest BCUT2D eigenvalue weighted by molar-refractivity contribution is 5.99. The van der Waals surface area contributed by atoms with Crippen LogP contribution in [-0.4, -0.2) is 38.1 Å². The maximum atomic E-state index is 12.3. The predicted molar refractivity (Wildman–Crippen MR) is 104 cm³/mol. The van der Waals surface area contributed by atoms with Crippen molar-refractivity contribution in [2.45, 2.75) is 26.3 Å². The number of amides is 2. The van der Waals surface area contributed by atoms with Crippen LogP contribution in [0.2, 0.25) is 0 Å². The van der Waals surface area contributed by atoms with Gasteiger partial charge in [-0.1, -0.05) is 13.0 Å². The van der Waals surface area contributed by atoms with E-state index in [0.29, 0.717) is 30.0 Å². The molecule has 2 N–H and O–H groups in total. The Morgan fingerprint density at radius 2 is 1.63 bits per heavy atom. The molecule has 0 aromatic heterocycles. The Kier molecular flexibility index (Phi) is 7.67. The standard InChI is InChI=1S/C21H26N2O4/c1-4-15(2)23-21(25)17-7-5-6-16(14-17)20(24)22-12-13-27-19-10-8-18(26-3)9-11-19/h5-11,14-15H,4,12-13H2,1-3H3,(H,22,24)(H,23,25). The molecule has 144 valence electrons. The maximum Gasteiger partial charge on any atom is 0.251 e. The van der Waals surface area contributed by atoms with E-state index in [0.717, 1.165) is 12.2 Å². The molecule has 2 amide bonds. The summed E-state index contributed by atoms with van der Waals surface area (Å²) >= 11 is 0. The van der Waals surface area contributed by atoms with Crippen LogP contribution in [0.5, 0.6) is 11.5 Å². The quantitative estimate of drug-likeness (QED) is 0.665. The third-order valence-corrected chi connectivity index (χ3v) is 4.09. The van der Waals surface area contributed by atoms with E-state index in [9.17, 15) is 9.59 Å². The summed E-state index contributed by atoms with van der Waals surface area (Å²) < 4.78 is 10.7. The van der Waals surface area contributed by atoms with Gasteiger partial charge in [-0.25, -0.2) is 0 Å². The molecule has 0 heterocycles. The van der Waals surface area contributed by atoms with Gasteiger partial charge in [0, 0.05) is 17.2 Å². The topological polar surface area (TPSA) is 76.7 Å². The molecule has 0 spiro atoms. The molecule has 1 unspecified atom stereocenters. The zero-order valence-corrected chi connectivity index (χ0v) is 16.0. The number of methoxy groups -OCH3 is 1. The van der Waals surface area contributed by atoms with Crippen LogP contribution in [0.3, 0.4) is 0 Å². The molecule has 0 radical (unpaired) electrons. The van der Waals surface area contributed by atoms with Gasteiger partial charge >= 0.3 is 0 Å². The first kappa shape index (κ1) is 20.3. The van der Waals surface area contributed by atoms with Crippen LogP contribution < -0.4 is 20.1 Å². The molecule has 1 atom stereocenters. The van der Waals surface area contributed by atoms with Gasteiger partial charge in [0.25, 0.3) is 11.8 Å². The molecule has 0 aliphatic rings. The normalized spacial score (nSPS) is 11.4. The summed E-state index contributed by atoms with van der Waals surface area (Å²) in [6.45, 7) is 4.64. The third kappa shape index (κ3) is 6.33. The molecule has 0 aliphatic carbocycles. The lowest BCUT2D eigenvalue weighted by molar-refractivity contribution is 0.0939. The van der Waals surface area contributed by atoms with Crippen LogP contribution in [0.1, 0.15) is 41.0 Å². The lowest BCUT2D eigenvalue weighted by Gasteiger charge is -2.12. The highest BCUT2D eigenvalue weighted by Gasteiger charge is 2.11. The number of rotatable bonds is 9. The molecule has 0 saturated heterocycles. The number of hydrogen-bond acceptors (Lipinski definition) is 4. The highest BCUT2D eigenvalue weighted by atomic mass is 16.5. The van der Waals surface area contributed by atoms with E-state index in [4.69, 9.17) is 9.47 Å². The summed E-state index contributed by atoms with van der Waals surface area (Å²) in [7, 11) is 1.61. The van der Waals surface area contributed by atoms with E-state index in [-0.39, 0.29) is 17.9 Å². The molecule has 0 saturated carbocycles. The van der Waals surface area contributed by atoms with Gasteiger partial charge in [-0.05, 0) is 55.8 Å². The average molecular weight is 370 g/mol. The Bertz CT molecular complexity index is 759. The Morgan fingerprint density at radius 1 is 1.00 bits per heavy atom. The molecule has 27 heavy (non-hydrogen) atoms. The van der Waals surface area contributed by atoms with Crippen molar-refractivity contribution >= 4 is 11.8 Å². The van der Waals surface area contributed by atoms with Crippen LogP contribution in [0.15, 0.2) is 48.5 Å². The second-order valence-corrected chi connectivity index (χ2v) is 6.14. The fourth-order valence-electron chi connectivity index (χ4n) is 2.32. The van der Waals surface area contributed by atoms with Gasteiger partial charge in [0.15, 0.2) is 0 Å².